The first-order chi connectivity index (χ1) is 19.6. The standard InChI is InChI=1S/C28H32ClN5O7S/c1-17(14-32-27(37)41-28(2,3)4)16-40-22-13-19(42(5,38)39)9-10-20(22)25(35)33-21-7-6-12-30-24(21)26(36)34-23-11-8-18(29)15-31-23/h6-13,15,17H,14,16H2,1-5H3,(H,32,37)(H,33,35)(H,31,34,36). The molecule has 0 spiro atoms. The van der Waals surface area contributed by atoms with Crippen LogP contribution in [-0.4, -0.2) is 61.3 Å². The molecule has 0 aliphatic rings. The van der Waals surface area contributed by atoms with Crippen LogP contribution in [0.1, 0.15) is 48.5 Å². The molecular weight excluding hydrogens is 586 g/mol. The number of carbonyl (C=O) groups is 3. The van der Waals surface area contributed by atoms with Gasteiger partial charge in [0.1, 0.15) is 17.2 Å². The van der Waals surface area contributed by atoms with Crippen LogP contribution in [0.3, 0.4) is 0 Å². The smallest absolute Gasteiger partial charge is 0.407 e. The number of amides is 3. The summed E-state index contributed by atoms with van der Waals surface area (Å²) in [6.07, 6.45) is 3.21. The summed E-state index contributed by atoms with van der Waals surface area (Å²) in [7, 11) is -3.62. The van der Waals surface area contributed by atoms with E-state index in [1.54, 1.807) is 33.8 Å². The molecule has 1 unspecified atom stereocenters. The Labute approximate surface area is 249 Å². The first-order valence-electron chi connectivity index (χ1n) is 12.8. The van der Waals surface area contributed by atoms with Crippen LogP contribution in [0, 0.1) is 5.92 Å². The lowest BCUT2D eigenvalue weighted by Crippen LogP contribution is -2.35. The Morgan fingerprint density at radius 1 is 1.02 bits per heavy atom. The van der Waals surface area contributed by atoms with Crippen molar-refractivity contribution in [1.29, 1.82) is 0 Å². The van der Waals surface area contributed by atoms with Crippen molar-refractivity contribution >= 4 is 50.9 Å². The second-order valence-electron chi connectivity index (χ2n) is 10.4. The molecule has 0 aliphatic carbocycles. The number of benzene rings is 1. The zero-order chi connectivity index (χ0) is 31.1. The summed E-state index contributed by atoms with van der Waals surface area (Å²) in [5, 5.41) is 8.27. The predicted octanol–water partition coefficient (Wildman–Crippen LogP) is 4.58. The third-order valence-corrected chi connectivity index (χ3v) is 6.72. The van der Waals surface area contributed by atoms with E-state index in [0.29, 0.717) is 5.02 Å². The van der Waals surface area contributed by atoms with Crippen molar-refractivity contribution in [3.8, 4) is 5.75 Å². The number of nitrogens with zero attached hydrogens (tertiary/aromatic N) is 2. The van der Waals surface area contributed by atoms with Crippen LogP contribution in [0.4, 0.5) is 16.3 Å². The molecule has 2 aromatic heterocycles. The fourth-order valence-electron chi connectivity index (χ4n) is 3.41. The second kappa shape index (κ2) is 13.6. The van der Waals surface area contributed by atoms with Gasteiger partial charge in [-0.2, -0.15) is 0 Å². The van der Waals surface area contributed by atoms with Gasteiger partial charge in [-0.3, -0.25) is 9.59 Å². The first-order valence-corrected chi connectivity index (χ1v) is 15.0. The highest BCUT2D eigenvalue weighted by molar-refractivity contribution is 7.90. The van der Waals surface area contributed by atoms with Gasteiger partial charge in [0, 0.05) is 31.1 Å². The van der Waals surface area contributed by atoms with Gasteiger partial charge < -0.3 is 25.4 Å². The van der Waals surface area contributed by atoms with Gasteiger partial charge in [-0.1, -0.05) is 18.5 Å². The number of anilines is 2. The van der Waals surface area contributed by atoms with Crippen molar-refractivity contribution < 1.29 is 32.3 Å². The maximum atomic E-state index is 13.4. The van der Waals surface area contributed by atoms with Crippen molar-refractivity contribution in [1.82, 2.24) is 15.3 Å². The Balaban J connectivity index is 1.78. The number of carbonyl (C=O) groups excluding carboxylic acids is 3. The van der Waals surface area contributed by atoms with Gasteiger partial charge >= 0.3 is 6.09 Å². The van der Waals surface area contributed by atoms with E-state index in [1.165, 1.54) is 48.8 Å². The topological polar surface area (TPSA) is 166 Å². The summed E-state index contributed by atoms with van der Waals surface area (Å²) in [5.41, 5.74) is -0.620. The molecule has 0 aliphatic heterocycles. The number of hydrogen-bond acceptors (Lipinski definition) is 9. The normalized spacial score (nSPS) is 12.1. The van der Waals surface area contributed by atoms with Crippen LogP contribution in [0.2, 0.25) is 5.02 Å². The van der Waals surface area contributed by atoms with Crippen molar-refractivity contribution in [2.45, 2.75) is 38.2 Å². The Bertz CT molecular complexity index is 1560. The maximum absolute atomic E-state index is 13.4. The highest BCUT2D eigenvalue weighted by atomic mass is 35.5. The highest BCUT2D eigenvalue weighted by Gasteiger charge is 2.22. The predicted molar refractivity (Wildman–Crippen MR) is 158 cm³/mol. The molecule has 1 aromatic carbocycles. The van der Waals surface area contributed by atoms with E-state index in [4.69, 9.17) is 21.1 Å². The summed E-state index contributed by atoms with van der Waals surface area (Å²) in [6.45, 7) is 7.29. The SMILES string of the molecule is CC(CNC(=O)OC(C)(C)C)COc1cc(S(C)(=O)=O)ccc1C(=O)Nc1cccnc1C(=O)Nc1ccc(Cl)cn1. The summed E-state index contributed by atoms with van der Waals surface area (Å²) < 4.78 is 35.5. The molecule has 3 amide bonds. The molecule has 12 nitrogen and oxygen atoms in total. The lowest BCUT2D eigenvalue weighted by atomic mass is 10.1. The molecule has 3 aromatic rings. The molecule has 0 saturated carbocycles. The van der Waals surface area contributed by atoms with Crippen LogP contribution in [0.25, 0.3) is 0 Å². The van der Waals surface area contributed by atoms with E-state index < -0.39 is 33.3 Å². The van der Waals surface area contributed by atoms with E-state index in [9.17, 15) is 22.8 Å². The van der Waals surface area contributed by atoms with Crippen LogP contribution in [-0.2, 0) is 14.6 Å². The zero-order valence-electron chi connectivity index (χ0n) is 23.7. The molecule has 14 heteroatoms. The van der Waals surface area contributed by atoms with Crippen LogP contribution >= 0.6 is 11.6 Å². The van der Waals surface area contributed by atoms with Crippen molar-refractivity contribution in [3.05, 3.63) is 71.1 Å². The Kier molecular flexibility index (Phi) is 10.5. The molecule has 224 valence electrons. The minimum Gasteiger partial charge on any atom is -0.492 e. The van der Waals surface area contributed by atoms with Gasteiger partial charge in [0.05, 0.1) is 27.8 Å². The van der Waals surface area contributed by atoms with Gasteiger partial charge in [0.2, 0.25) is 0 Å². The minimum absolute atomic E-state index is 0.000186. The molecule has 0 fully saturated rings. The average Bonchev–Trinajstić information content (AvgIpc) is 2.90. The molecule has 2 heterocycles. The van der Waals surface area contributed by atoms with E-state index in [-0.39, 0.29) is 52.5 Å². The number of pyridine rings is 2. The Morgan fingerprint density at radius 2 is 1.76 bits per heavy atom. The number of ether oxygens (including phenoxy) is 2. The monoisotopic (exact) mass is 617 g/mol. The van der Waals surface area contributed by atoms with Crippen molar-refractivity contribution in [3.63, 3.8) is 0 Å². The second-order valence-corrected chi connectivity index (χ2v) is 12.9. The number of sulfone groups is 1. The summed E-state index contributed by atoms with van der Waals surface area (Å²) in [5.74, 6) is -1.30. The maximum Gasteiger partial charge on any atom is 0.407 e. The molecule has 0 radical (unpaired) electrons. The molecule has 3 N–H and O–H groups in total. The number of nitrogens with one attached hydrogen (secondary N) is 3. The molecule has 3 rings (SSSR count). The number of alkyl carbamates (subject to hydrolysis) is 1. The fourth-order valence-corrected chi connectivity index (χ4v) is 4.15. The average molecular weight is 618 g/mol. The highest BCUT2D eigenvalue weighted by Crippen LogP contribution is 2.26. The quantitative estimate of drug-likeness (QED) is 0.295. The lowest BCUT2D eigenvalue weighted by molar-refractivity contribution is 0.0516. The van der Waals surface area contributed by atoms with E-state index in [1.807, 2.05) is 0 Å². The zero-order valence-corrected chi connectivity index (χ0v) is 25.3. The number of aromatic nitrogens is 2. The molecule has 0 bridgehead atoms. The van der Waals surface area contributed by atoms with Gasteiger partial charge in [-0.25, -0.2) is 23.2 Å². The van der Waals surface area contributed by atoms with Crippen LogP contribution in [0.5, 0.6) is 5.75 Å². The van der Waals surface area contributed by atoms with Gasteiger partial charge in [-0.05, 0) is 63.2 Å². The minimum atomic E-state index is -3.62. The van der Waals surface area contributed by atoms with Gasteiger partial charge in [-0.15, -0.1) is 0 Å². The Hall–Kier alpha value is -4.23. The van der Waals surface area contributed by atoms with E-state index in [0.717, 1.165) is 6.26 Å². The first kappa shape index (κ1) is 32.3. The van der Waals surface area contributed by atoms with E-state index >= 15 is 0 Å². The van der Waals surface area contributed by atoms with E-state index in [2.05, 4.69) is 25.9 Å². The molecular formula is C28H32ClN5O7S. The number of rotatable bonds is 10. The van der Waals surface area contributed by atoms with Crippen LogP contribution in [0.15, 0.2) is 59.8 Å². The van der Waals surface area contributed by atoms with Crippen LogP contribution < -0.4 is 20.7 Å². The van der Waals surface area contributed by atoms with Crippen molar-refractivity contribution in [2.24, 2.45) is 5.92 Å². The van der Waals surface area contributed by atoms with Gasteiger partial charge in [0.15, 0.2) is 15.5 Å². The third kappa shape index (κ3) is 9.70. The summed E-state index contributed by atoms with van der Waals surface area (Å²) in [4.78, 5) is 46.3. The van der Waals surface area contributed by atoms with Crippen molar-refractivity contribution in [2.75, 3.05) is 30.0 Å². The fraction of sp³-hybridized carbons (Fsp3) is 0.321. The summed E-state index contributed by atoms with van der Waals surface area (Å²) in [6, 6.07) is 9.95. The molecule has 42 heavy (non-hydrogen) atoms. The lowest BCUT2D eigenvalue weighted by Gasteiger charge is -2.21. The molecule has 0 saturated heterocycles. The molecule has 1 atom stereocenters. The largest absolute Gasteiger partial charge is 0.492 e. The summed E-state index contributed by atoms with van der Waals surface area (Å²) >= 11 is 5.84. The van der Waals surface area contributed by atoms with Gasteiger partial charge in [0.25, 0.3) is 11.8 Å². The third-order valence-electron chi connectivity index (χ3n) is 5.38. The number of hydrogen-bond donors (Lipinski definition) is 3. The number of halogens is 1. The Morgan fingerprint density at radius 3 is 2.40 bits per heavy atom.